The molecule has 1 fully saturated rings. The first-order valence-electron chi connectivity index (χ1n) is 6.37. The van der Waals surface area contributed by atoms with Crippen LogP contribution in [0.5, 0.6) is 0 Å². The Morgan fingerprint density at radius 1 is 1.43 bits per heavy atom. The summed E-state index contributed by atoms with van der Waals surface area (Å²) in [7, 11) is 0. The van der Waals surface area contributed by atoms with Gasteiger partial charge in [-0.1, -0.05) is 53.5 Å². The summed E-state index contributed by atoms with van der Waals surface area (Å²) in [4.78, 5) is 12.3. The summed E-state index contributed by atoms with van der Waals surface area (Å²) < 4.78 is 7.15. The molecular formula is C15H14Br3ClO2. The van der Waals surface area contributed by atoms with E-state index in [1.807, 2.05) is 18.2 Å². The molecule has 2 nitrogen and oxygen atoms in total. The predicted molar refractivity (Wildman–Crippen MR) is 95.6 cm³/mol. The minimum Gasteiger partial charge on any atom is -0.460 e. The lowest BCUT2D eigenvalue weighted by Crippen LogP contribution is -2.11. The number of allylic oxidation sites excluding steroid dienone is 1. The van der Waals surface area contributed by atoms with Crippen LogP contribution in [0.3, 0.4) is 0 Å². The Bertz CT molecular complexity index is 574. The van der Waals surface area contributed by atoms with E-state index in [1.165, 1.54) is 0 Å². The highest BCUT2D eigenvalue weighted by Gasteiger charge is 2.61. The molecule has 114 valence electrons. The number of halogens is 4. The third-order valence-corrected chi connectivity index (χ3v) is 5.52. The van der Waals surface area contributed by atoms with Gasteiger partial charge in [0.25, 0.3) is 0 Å². The summed E-state index contributed by atoms with van der Waals surface area (Å²) >= 11 is 16.2. The molecule has 0 radical (unpaired) electrons. The maximum Gasteiger partial charge on any atom is 0.310 e. The fraction of sp³-hybridized carbons (Fsp3) is 0.400. The van der Waals surface area contributed by atoms with Gasteiger partial charge >= 0.3 is 5.97 Å². The number of carbonyl (C=O) groups is 1. The summed E-state index contributed by atoms with van der Waals surface area (Å²) in [6, 6.07) is 5.50. The van der Waals surface area contributed by atoms with Crippen LogP contribution < -0.4 is 0 Å². The zero-order chi connectivity index (χ0) is 15.8. The summed E-state index contributed by atoms with van der Waals surface area (Å²) in [6.07, 6.45) is 2.00. The molecule has 1 aliphatic carbocycles. The number of benzene rings is 1. The zero-order valence-electron chi connectivity index (χ0n) is 11.5. The molecule has 2 atom stereocenters. The van der Waals surface area contributed by atoms with E-state index in [9.17, 15) is 4.79 Å². The molecule has 1 aromatic rings. The Morgan fingerprint density at radius 3 is 2.67 bits per heavy atom. The van der Waals surface area contributed by atoms with Crippen molar-refractivity contribution in [3.8, 4) is 0 Å². The van der Waals surface area contributed by atoms with Crippen LogP contribution in [0.2, 0.25) is 5.02 Å². The average molecular weight is 501 g/mol. The normalized spacial score (nSPS) is 22.6. The molecule has 0 aliphatic heterocycles. The topological polar surface area (TPSA) is 26.3 Å². The van der Waals surface area contributed by atoms with E-state index in [-0.39, 0.29) is 29.8 Å². The largest absolute Gasteiger partial charge is 0.460 e. The quantitative estimate of drug-likeness (QED) is 0.470. The maximum absolute atomic E-state index is 12.3. The highest BCUT2D eigenvalue weighted by atomic mass is 79.9. The molecule has 2 rings (SSSR count). The van der Waals surface area contributed by atoms with E-state index in [1.54, 1.807) is 6.07 Å². The van der Waals surface area contributed by atoms with E-state index >= 15 is 0 Å². The zero-order valence-corrected chi connectivity index (χ0v) is 17.0. The molecule has 0 spiro atoms. The second kappa shape index (κ2) is 6.73. The molecule has 1 aliphatic rings. The number of ether oxygens (including phenoxy) is 1. The lowest BCUT2D eigenvalue weighted by molar-refractivity contribution is -0.147. The van der Waals surface area contributed by atoms with Crippen LogP contribution in [0.25, 0.3) is 0 Å². The van der Waals surface area contributed by atoms with Crippen LogP contribution in [0.1, 0.15) is 19.4 Å². The second-order valence-corrected chi connectivity index (χ2v) is 9.62. The number of esters is 1. The van der Waals surface area contributed by atoms with Gasteiger partial charge in [-0.3, -0.25) is 4.79 Å². The first-order valence-corrected chi connectivity index (χ1v) is 9.13. The van der Waals surface area contributed by atoms with Crippen molar-refractivity contribution in [1.29, 1.82) is 0 Å². The fourth-order valence-electron chi connectivity index (χ4n) is 2.48. The first kappa shape index (κ1) is 17.5. The van der Waals surface area contributed by atoms with Gasteiger partial charge in [-0.2, -0.15) is 0 Å². The van der Waals surface area contributed by atoms with Crippen molar-refractivity contribution in [1.82, 2.24) is 0 Å². The van der Waals surface area contributed by atoms with Crippen molar-refractivity contribution in [2.45, 2.75) is 20.5 Å². The fourth-order valence-corrected chi connectivity index (χ4v) is 3.87. The van der Waals surface area contributed by atoms with Gasteiger partial charge in [0.2, 0.25) is 0 Å². The molecule has 0 saturated heterocycles. The lowest BCUT2D eigenvalue weighted by Gasteiger charge is -2.09. The molecule has 0 unspecified atom stereocenters. The first-order chi connectivity index (χ1) is 9.75. The highest BCUT2D eigenvalue weighted by Crippen LogP contribution is 2.60. The van der Waals surface area contributed by atoms with Gasteiger partial charge in [0.15, 0.2) is 0 Å². The van der Waals surface area contributed by atoms with Gasteiger partial charge in [-0.15, -0.1) is 0 Å². The lowest BCUT2D eigenvalue weighted by atomic mass is 10.1. The van der Waals surface area contributed by atoms with Crippen LogP contribution in [-0.4, -0.2) is 5.97 Å². The SMILES string of the molecule is CC1(C)[C@H](C=C(Br)Br)[C@@H]1C(=O)OCc1c(Cl)cccc1Br. The summed E-state index contributed by atoms with van der Waals surface area (Å²) in [5.74, 6) is -0.133. The Kier molecular flexibility index (Phi) is 5.61. The van der Waals surface area contributed by atoms with Crippen LogP contribution in [0, 0.1) is 17.3 Å². The van der Waals surface area contributed by atoms with Gasteiger partial charge in [0.1, 0.15) is 6.61 Å². The smallest absolute Gasteiger partial charge is 0.310 e. The summed E-state index contributed by atoms with van der Waals surface area (Å²) in [6.45, 7) is 4.31. The van der Waals surface area contributed by atoms with Crippen molar-refractivity contribution < 1.29 is 9.53 Å². The number of rotatable bonds is 4. The third-order valence-electron chi connectivity index (χ3n) is 3.89. The van der Waals surface area contributed by atoms with Crippen LogP contribution >= 0.6 is 59.4 Å². The van der Waals surface area contributed by atoms with E-state index in [4.69, 9.17) is 16.3 Å². The summed E-state index contributed by atoms with van der Waals surface area (Å²) in [5, 5.41) is 0.590. The summed E-state index contributed by atoms with van der Waals surface area (Å²) in [5.41, 5.74) is 0.710. The molecule has 1 aromatic carbocycles. The molecule has 6 heteroatoms. The minimum atomic E-state index is -0.186. The molecule has 0 heterocycles. The van der Waals surface area contributed by atoms with E-state index < -0.39 is 0 Å². The van der Waals surface area contributed by atoms with Crippen LogP contribution in [0.15, 0.2) is 32.1 Å². The minimum absolute atomic E-state index is 0.0818. The molecule has 0 amide bonds. The number of hydrogen-bond donors (Lipinski definition) is 0. The monoisotopic (exact) mass is 498 g/mol. The molecule has 0 N–H and O–H groups in total. The van der Waals surface area contributed by atoms with Gasteiger partial charge in [-0.25, -0.2) is 0 Å². The molecule has 0 aromatic heterocycles. The average Bonchev–Trinajstić information content (AvgIpc) is 2.89. The van der Waals surface area contributed by atoms with Crippen molar-refractivity contribution in [3.05, 3.63) is 42.7 Å². The molecular weight excluding hydrogens is 487 g/mol. The molecule has 1 saturated carbocycles. The second-order valence-electron chi connectivity index (χ2n) is 5.59. The van der Waals surface area contributed by atoms with E-state index in [2.05, 4.69) is 61.6 Å². The van der Waals surface area contributed by atoms with Crippen LogP contribution in [0.4, 0.5) is 0 Å². The van der Waals surface area contributed by atoms with Crippen LogP contribution in [-0.2, 0) is 16.1 Å². The highest BCUT2D eigenvalue weighted by molar-refractivity contribution is 9.28. The van der Waals surface area contributed by atoms with Gasteiger partial charge < -0.3 is 4.74 Å². The maximum atomic E-state index is 12.3. The van der Waals surface area contributed by atoms with Crippen molar-refractivity contribution in [2.24, 2.45) is 17.3 Å². The predicted octanol–water partition coefficient (Wildman–Crippen LogP) is 6.05. The van der Waals surface area contributed by atoms with Gasteiger partial charge in [0, 0.05) is 15.1 Å². The van der Waals surface area contributed by atoms with Crippen molar-refractivity contribution in [2.75, 3.05) is 0 Å². The Labute approximate surface area is 154 Å². The Morgan fingerprint density at radius 2 is 2.10 bits per heavy atom. The molecule has 0 bridgehead atoms. The number of hydrogen-bond acceptors (Lipinski definition) is 2. The van der Waals surface area contributed by atoms with Crippen molar-refractivity contribution >= 4 is 65.4 Å². The van der Waals surface area contributed by atoms with Crippen molar-refractivity contribution in [3.63, 3.8) is 0 Å². The van der Waals surface area contributed by atoms with Gasteiger partial charge in [0.05, 0.1) is 9.31 Å². The Balaban J connectivity index is 2.02. The van der Waals surface area contributed by atoms with Gasteiger partial charge in [-0.05, 0) is 55.3 Å². The molecule has 21 heavy (non-hydrogen) atoms. The van der Waals surface area contributed by atoms with E-state index in [0.717, 1.165) is 13.4 Å². The van der Waals surface area contributed by atoms with E-state index in [0.29, 0.717) is 5.02 Å². The standard InChI is InChI=1S/C15H14Br3ClO2/c1-15(2)9(6-12(17)18)13(15)14(20)21-7-8-10(16)4-3-5-11(8)19/h3-6,9,13H,7H2,1-2H3/t9-,13-/m1/s1. The third kappa shape index (κ3) is 3.92. The Hall–Kier alpha value is 0.160. The number of carbonyl (C=O) groups excluding carboxylic acids is 1.